The van der Waals surface area contributed by atoms with Gasteiger partial charge in [0.25, 0.3) is 0 Å². The first kappa shape index (κ1) is 11.3. The number of hydrogen-bond acceptors (Lipinski definition) is 1. The van der Waals surface area contributed by atoms with Crippen LogP contribution in [0.4, 0.5) is 0 Å². The molecule has 0 heterocycles. The van der Waals surface area contributed by atoms with Gasteiger partial charge >= 0.3 is 0 Å². The summed E-state index contributed by atoms with van der Waals surface area (Å²) in [5.41, 5.74) is 3.63. The molecule has 76 valence electrons. The summed E-state index contributed by atoms with van der Waals surface area (Å²) in [7, 11) is 0. The second kappa shape index (κ2) is 4.61. The minimum Gasteiger partial charge on any atom is -0.302 e. The molecule has 0 aliphatic carbocycles. The van der Waals surface area contributed by atoms with Crippen molar-refractivity contribution >= 4 is 17.9 Å². The molecule has 0 aliphatic heterocycles. The first-order valence-electron chi connectivity index (χ1n) is 4.73. The van der Waals surface area contributed by atoms with Crippen LogP contribution in [0.15, 0.2) is 18.2 Å². The molecular formula is C12H15ClO. The fourth-order valence-electron chi connectivity index (χ4n) is 1.56. The molecule has 2 atom stereocenters. The van der Waals surface area contributed by atoms with E-state index in [1.54, 1.807) is 0 Å². The zero-order valence-electron chi connectivity index (χ0n) is 8.75. The van der Waals surface area contributed by atoms with E-state index in [0.717, 1.165) is 11.8 Å². The number of rotatable bonds is 3. The van der Waals surface area contributed by atoms with E-state index in [-0.39, 0.29) is 5.92 Å². The molecule has 1 rings (SSSR count). The van der Waals surface area contributed by atoms with Gasteiger partial charge in [-0.1, -0.05) is 25.1 Å². The topological polar surface area (TPSA) is 17.1 Å². The summed E-state index contributed by atoms with van der Waals surface area (Å²) >= 11 is 5.91. The molecular weight excluding hydrogens is 196 g/mol. The van der Waals surface area contributed by atoms with Gasteiger partial charge in [-0.3, -0.25) is 0 Å². The van der Waals surface area contributed by atoms with Gasteiger partial charge in [-0.25, -0.2) is 0 Å². The Kier molecular flexibility index (Phi) is 3.70. The van der Waals surface area contributed by atoms with Crippen molar-refractivity contribution in [2.45, 2.75) is 32.1 Å². The third-order valence-electron chi connectivity index (χ3n) is 2.74. The van der Waals surface area contributed by atoms with E-state index in [1.807, 2.05) is 19.1 Å². The van der Waals surface area contributed by atoms with Crippen LogP contribution in [0, 0.1) is 13.8 Å². The molecule has 2 heteroatoms. The predicted molar refractivity (Wildman–Crippen MR) is 60.0 cm³/mol. The Morgan fingerprint density at radius 2 is 2.00 bits per heavy atom. The number of carbonyl (C=O) groups excluding carboxylic acids is 1. The van der Waals surface area contributed by atoms with Crippen molar-refractivity contribution in [2.75, 3.05) is 0 Å². The molecule has 1 aromatic rings. The van der Waals surface area contributed by atoms with Crippen LogP contribution in [0.25, 0.3) is 0 Å². The summed E-state index contributed by atoms with van der Waals surface area (Å²) in [6.45, 7) is 6.11. The van der Waals surface area contributed by atoms with E-state index >= 15 is 0 Å². The van der Waals surface area contributed by atoms with Gasteiger partial charge < -0.3 is 4.79 Å². The van der Waals surface area contributed by atoms with E-state index in [2.05, 4.69) is 19.9 Å². The molecule has 0 N–H and O–H groups in total. The third-order valence-corrected chi connectivity index (χ3v) is 3.23. The third kappa shape index (κ3) is 2.16. The second-order valence-electron chi connectivity index (χ2n) is 3.66. The van der Waals surface area contributed by atoms with Crippen LogP contribution in [0.5, 0.6) is 0 Å². The maximum Gasteiger partial charge on any atom is 0.138 e. The highest BCUT2D eigenvalue weighted by Gasteiger charge is 2.17. The molecule has 0 bridgehead atoms. The van der Waals surface area contributed by atoms with Crippen LogP contribution in [-0.4, -0.2) is 11.7 Å². The Hall–Kier alpha value is -0.820. The van der Waals surface area contributed by atoms with E-state index in [9.17, 15) is 4.79 Å². The summed E-state index contributed by atoms with van der Waals surface area (Å²) in [5, 5.41) is -0.435. The van der Waals surface area contributed by atoms with Gasteiger partial charge in [-0.2, -0.15) is 0 Å². The zero-order valence-corrected chi connectivity index (χ0v) is 9.51. The number of hydrogen-bond donors (Lipinski definition) is 0. The molecule has 2 unspecified atom stereocenters. The molecule has 1 nitrogen and oxygen atoms in total. The predicted octanol–water partition coefficient (Wildman–Crippen LogP) is 3.21. The van der Waals surface area contributed by atoms with Gasteiger partial charge in [0.1, 0.15) is 6.29 Å². The molecule has 14 heavy (non-hydrogen) atoms. The van der Waals surface area contributed by atoms with Gasteiger partial charge in [-0.05, 0) is 30.5 Å². The fourth-order valence-corrected chi connectivity index (χ4v) is 1.69. The molecule has 0 spiro atoms. The molecule has 0 amide bonds. The highest BCUT2D eigenvalue weighted by molar-refractivity contribution is 6.28. The number of aldehydes is 1. The standard InChI is InChI=1S/C12H15ClO/c1-8-5-4-6-11(9(8)2)10(3)12(13)7-14/h4-7,10,12H,1-3H3. The highest BCUT2D eigenvalue weighted by Crippen LogP contribution is 2.26. The lowest BCUT2D eigenvalue weighted by molar-refractivity contribution is -0.107. The van der Waals surface area contributed by atoms with E-state index in [0.29, 0.717) is 0 Å². The van der Waals surface area contributed by atoms with Gasteiger partial charge in [0.15, 0.2) is 0 Å². The lowest BCUT2D eigenvalue weighted by Crippen LogP contribution is -2.12. The smallest absolute Gasteiger partial charge is 0.138 e. The highest BCUT2D eigenvalue weighted by atomic mass is 35.5. The van der Waals surface area contributed by atoms with Crippen molar-refractivity contribution in [3.63, 3.8) is 0 Å². The van der Waals surface area contributed by atoms with Gasteiger partial charge in [0.05, 0.1) is 5.38 Å². The second-order valence-corrected chi connectivity index (χ2v) is 4.16. The lowest BCUT2D eigenvalue weighted by Gasteiger charge is -2.17. The minimum atomic E-state index is -0.435. The maximum atomic E-state index is 10.6. The minimum absolute atomic E-state index is 0.0778. The number of alkyl halides is 1. The zero-order chi connectivity index (χ0) is 10.7. The quantitative estimate of drug-likeness (QED) is 0.553. The van der Waals surface area contributed by atoms with Gasteiger partial charge in [0.2, 0.25) is 0 Å². The monoisotopic (exact) mass is 210 g/mol. The molecule has 0 fully saturated rings. The largest absolute Gasteiger partial charge is 0.302 e. The van der Waals surface area contributed by atoms with Crippen LogP contribution in [-0.2, 0) is 4.79 Å². The summed E-state index contributed by atoms with van der Waals surface area (Å²) in [4.78, 5) is 10.6. The fraction of sp³-hybridized carbons (Fsp3) is 0.417. The Bertz CT molecular complexity index is 333. The van der Waals surface area contributed by atoms with Crippen molar-refractivity contribution in [3.8, 4) is 0 Å². The number of benzene rings is 1. The average Bonchev–Trinajstić information content (AvgIpc) is 2.20. The summed E-state index contributed by atoms with van der Waals surface area (Å²) < 4.78 is 0. The maximum absolute atomic E-state index is 10.6. The average molecular weight is 211 g/mol. The number of aryl methyl sites for hydroxylation is 1. The van der Waals surface area contributed by atoms with Crippen LogP contribution in [0.2, 0.25) is 0 Å². The Morgan fingerprint density at radius 1 is 1.36 bits per heavy atom. The molecule has 0 saturated carbocycles. The van der Waals surface area contributed by atoms with Gasteiger partial charge in [-0.15, -0.1) is 11.6 Å². The molecule has 0 radical (unpaired) electrons. The van der Waals surface area contributed by atoms with Crippen LogP contribution in [0.1, 0.15) is 29.5 Å². The van der Waals surface area contributed by atoms with Crippen LogP contribution < -0.4 is 0 Å². The SMILES string of the molecule is Cc1cccc(C(C)C(Cl)C=O)c1C. The molecule has 0 saturated heterocycles. The molecule has 0 aliphatic rings. The van der Waals surface area contributed by atoms with E-state index in [1.165, 1.54) is 11.1 Å². The normalized spacial score (nSPS) is 14.9. The molecule has 1 aromatic carbocycles. The summed E-state index contributed by atoms with van der Waals surface area (Å²) in [5.74, 6) is 0.0778. The Labute approximate surface area is 90.1 Å². The van der Waals surface area contributed by atoms with E-state index in [4.69, 9.17) is 11.6 Å². The van der Waals surface area contributed by atoms with Crippen molar-refractivity contribution in [3.05, 3.63) is 34.9 Å². The van der Waals surface area contributed by atoms with Crippen molar-refractivity contribution in [1.29, 1.82) is 0 Å². The lowest BCUT2D eigenvalue weighted by atomic mass is 9.91. The Morgan fingerprint density at radius 3 is 2.57 bits per heavy atom. The number of halogens is 1. The van der Waals surface area contributed by atoms with Crippen molar-refractivity contribution < 1.29 is 4.79 Å². The van der Waals surface area contributed by atoms with Gasteiger partial charge in [0, 0.05) is 5.92 Å². The summed E-state index contributed by atoms with van der Waals surface area (Å²) in [6.07, 6.45) is 0.800. The first-order valence-corrected chi connectivity index (χ1v) is 5.17. The van der Waals surface area contributed by atoms with Crippen molar-refractivity contribution in [2.24, 2.45) is 0 Å². The molecule has 0 aromatic heterocycles. The Balaban J connectivity index is 3.06. The summed E-state index contributed by atoms with van der Waals surface area (Å²) in [6, 6.07) is 6.10. The van der Waals surface area contributed by atoms with Crippen molar-refractivity contribution in [1.82, 2.24) is 0 Å². The van der Waals surface area contributed by atoms with Crippen LogP contribution in [0.3, 0.4) is 0 Å². The van der Waals surface area contributed by atoms with E-state index < -0.39 is 5.38 Å². The van der Waals surface area contributed by atoms with Crippen LogP contribution >= 0.6 is 11.6 Å². The number of carbonyl (C=O) groups is 1. The first-order chi connectivity index (χ1) is 6.57.